The predicted molar refractivity (Wildman–Crippen MR) is 32.9 cm³/mol. The van der Waals surface area contributed by atoms with E-state index in [0.717, 1.165) is 6.07 Å². The zero-order chi connectivity index (χ0) is 7.56. The molecule has 1 radical (unpaired) electrons. The van der Waals surface area contributed by atoms with Gasteiger partial charge in [0.1, 0.15) is 5.69 Å². The highest BCUT2D eigenvalue weighted by Gasteiger charge is 1.97. The number of H-pyrrole nitrogens is 1. The fourth-order valence-electron chi connectivity index (χ4n) is 0.537. The van der Waals surface area contributed by atoms with Gasteiger partial charge in [0, 0.05) is 6.07 Å². The molecule has 0 amide bonds. The summed E-state index contributed by atoms with van der Waals surface area (Å²) in [6, 6.07) is 2.35. The molecule has 2 N–H and O–H groups in total. The maximum Gasteiger partial charge on any atom is 0.250 e. The van der Waals surface area contributed by atoms with Gasteiger partial charge in [-0.15, -0.1) is 5.11 Å². The molecule has 1 rings (SSSR count). The molecule has 0 atom stereocenters. The molecule has 0 fully saturated rings. The Bertz CT molecular complexity index is 304. The van der Waals surface area contributed by atoms with E-state index in [1.165, 1.54) is 6.07 Å². The fraction of sp³-hybridized carbons (Fsp3) is 0. The first-order valence-electron chi connectivity index (χ1n) is 2.51. The Balaban J connectivity index is 3.32. The third-order valence-corrected chi connectivity index (χ3v) is 0.985. The van der Waals surface area contributed by atoms with Crippen LogP contribution in [0.15, 0.2) is 22.0 Å². The number of pyridine rings is 1. The summed E-state index contributed by atoms with van der Waals surface area (Å²) in [4.78, 5) is 12.5. The number of aromatic hydroxyl groups is 1. The molecule has 0 aliphatic rings. The van der Waals surface area contributed by atoms with Crippen LogP contribution in [0, 0.1) is 0 Å². The van der Waals surface area contributed by atoms with E-state index >= 15 is 0 Å². The van der Waals surface area contributed by atoms with E-state index in [-0.39, 0.29) is 5.69 Å². The van der Waals surface area contributed by atoms with Gasteiger partial charge in [0.05, 0.1) is 0 Å². The van der Waals surface area contributed by atoms with Crippen LogP contribution >= 0.6 is 0 Å². The van der Waals surface area contributed by atoms with E-state index in [1.807, 2.05) is 4.98 Å². The summed E-state index contributed by atoms with van der Waals surface area (Å²) in [6.07, 6.45) is 0. The Labute approximate surface area is 55.8 Å². The number of hydrogen-bond acceptors (Lipinski definition) is 3. The predicted octanol–water partition coefficient (Wildman–Crippen LogP) is -0.0357. The van der Waals surface area contributed by atoms with Gasteiger partial charge in [-0.25, -0.2) is 0 Å². The van der Waals surface area contributed by atoms with Crippen LogP contribution in [0.25, 0.3) is 0 Å². The molecular weight excluding hydrogens is 134 g/mol. The molecule has 5 heteroatoms. The smallest absolute Gasteiger partial charge is 0.250 e. The number of hydrogen-bond donors (Lipinski definition) is 2. The average molecular weight is 138 g/mol. The van der Waals surface area contributed by atoms with Crippen molar-refractivity contribution >= 4 is 5.69 Å². The second-order valence-corrected chi connectivity index (χ2v) is 1.66. The van der Waals surface area contributed by atoms with Gasteiger partial charge in [0.2, 0.25) is 5.88 Å². The quantitative estimate of drug-likeness (QED) is 0.533. The lowest BCUT2D eigenvalue weighted by Gasteiger charge is -1.91. The van der Waals surface area contributed by atoms with Crippen LogP contribution in [0.3, 0.4) is 0 Å². The van der Waals surface area contributed by atoms with Crippen LogP contribution in [-0.4, -0.2) is 10.1 Å². The van der Waals surface area contributed by atoms with Gasteiger partial charge in [-0.3, -0.25) is 9.78 Å². The van der Waals surface area contributed by atoms with Crippen molar-refractivity contribution < 1.29 is 5.11 Å². The Hall–Kier alpha value is -1.65. The highest BCUT2D eigenvalue weighted by atomic mass is 16.3. The molecule has 0 spiro atoms. The van der Waals surface area contributed by atoms with Crippen molar-refractivity contribution in [2.75, 3.05) is 0 Å². The topological polar surface area (TPSA) is 87.8 Å². The number of nitrogens with zero attached hydrogens (tertiary/aromatic N) is 2. The molecule has 0 unspecified atom stereocenters. The Kier molecular flexibility index (Phi) is 1.49. The molecule has 5 nitrogen and oxygen atoms in total. The van der Waals surface area contributed by atoms with Gasteiger partial charge >= 0.3 is 0 Å². The molecule has 1 heterocycles. The lowest BCUT2D eigenvalue weighted by atomic mass is 10.4. The summed E-state index contributed by atoms with van der Waals surface area (Å²) in [5.74, 6) is -0.435. The molecule has 0 aliphatic heterocycles. The molecule has 0 saturated heterocycles. The normalized spacial score (nSPS) is 9.20. The van der Waals surface area contributed by atoms with E-state index in [0.29, 0.717) is 0 Å². The van der Waals surface area contributed by atoms with Crippen LogP contribution in [0.1, 0.15) is 0 Å². The first kappa shape index (κ1) is 6.47. The van der Waals surface area contributed by atoms with Crippen LogP contribution < -0.4 is 11.1 Å². The second kappa shape index (κ2) is 2.30. The second-order valence-electron chi connectivity index (χ2n) is 1.66. The summed E-state index contributed by atoms with van der Waals surface area (Å²) in [6.45, 7) is 0. The van der Waals surface area contributed by atoms with Crippen molar-refractivity contribution in [3.8, 4) is 5.88 Å². The van der Waals surface area contributed by atoms with Gasteiger partial charge in [-0.05, 0) is 11.6 Å². The molecule has 0 aromatic carbocycles. The van der Waals surface area contributed by atoms with Gasteiger partial charge in [0.25, 0.3) is 5.56 Å². The summed E-state index contributed by atoms with van der Waals surface area (Å²) in [5.41, 5.74) is 7.66. The summed E-state index contributed by atoms with van der Waals surface area (Å²) >= 11 is 0. The van der Waals surface area contributed by atoms with Crippen molar-refractivity contribution in [2.45, 2.75) is 0 Å². The monoisotopic (exact) mass is 138 g/mol. The first-order chi connectivity index (χ1) is 4.74. The van der Waals surface area contributed by atoms with Gasteiger partial charge in [-0.1, -0.05) is 0 Å². The van der Waals surface area contributed by atoms with Crippen molar-refractivity contribution in [1.29, 1.82) is 0 Å². The molecular formula is C5H4N3O2. The molecule has 51 valence electrons. The maximum absolute atomic E-state index is 10.4. The highest BCUT2D eigenvalue weighted by molar-refractivity contribution is 5.44. The lowest BCUT2D eigenvalue weighted by Crippen LogP contribution is -2.00. The number of nitrogens with one attached hydrogen (secondary N) is 1. The average Bonchev–Trinajstić information content (AvgIpc) is 1.88. The summed E-state index contributed by atoms with van der Waals surface area (Å²) in [7, 11) is 0. The highest BCUT2D eigenvalue weighted by Crippen LogP contribution is 2.18. The maximum atomic E-state index is 10.4. The van der Waals surface area contributed by atoms with Crippen LogP contribution in [-0.2, 0) is 0 Å². The van der Waals surface area contributed by atoms with E-state index in [9.17, 15) is 4.79 Å². The largest absolute Gasteiger partial charge is 0.493 e. The minimum atomic E-state index is -0.440. The zero-order valence-electron chi connectivity index (χ0n) is 4.90. The SMILES string of the molecule is [N]=Nc1ccc(=O)[nH]c1O. The third kappa shape index (κ3) is 1.02. The number of rotatable bonds is 1. The van der Waals surface area contributed by atoms with Crippen molar-refractivity contribution in [3.05, 3.63) is 22.5 Å². The third-order valence-electron chi connectivity index (χ3n) is 0.985. The Morgan fingerprint density at radius 2 is 2.30 bits per heavy atom. The lowest BCUT2D eigenvalue weighted by molar-refractivity contribution is 0.453. The Morgan fingerprint density at radius 3 is 2.80 bits per heavy atom. The molecule has 10 heavy (non-hydrogen) atoms. The van der Waals surface area contributed by atoms with Crippen molar-refractivity contribution in [2.24, 2.45) is 5.11 Å². The number of aromatic amines is 1. The summed E-state index contributed by atoms with van der Waals surface area (Å²) < 4.78 is 0. The van der Waals surface area contributed by atoms with Gasteiger partial charge in [-0.2, -0.15) is 0 Å². The number of aromatic nitrogens is 1. The van der Waals surface area contributed by atoms with E-state index in [2.05, 4.69) is 5.11 Å². The summed E-state index contributed by atoms with van der Waals surface area (Å²) in [5, 5.41) is 11.5. The van der Waals surface area contributed by atoms with Crippen molar-refractivity contribution in [1.82, 2.24) is 10.5 Å². The fourth-order valence-corrected chi connectivity index (χ4v) is 0.537. The minimum absolute atomic E-state index is 0.0559. The van der Waals surface area contributed by atoms with Gasteiger partial charge in [0.15, 0.2) is 0 Å². The Morgan fingerprint density at radius 1 is 1.60 bits per heavy atom. The van der Waals surface area contributed by atoms with Crippen LogP contribution in [0.4, 0.5) is 5.69 Å². The van der Waals surface area contributed by atoms with Crippen LogP contribution in [0.2, 0.25) is 0 Å². The molecule has 0 bridgehead atoms. The van der Waals surface area contributed by atoms with Gasteiger partial charge < -0.3 is 5.11 Å². The molecule has 0 aliphatic carbocycles. The molecule has 1 aromatic rings. The minimum Gasteiger partial charge on any atom is -0.493 e. The molecule has 1 aromatic heterocycles. The zero-order valence-corrected chi connectivity index (χ0v) is 4.90. The first-order valence-corrected chi connectivity index (χ1v) is 2.51. The van der Waals surface area contributed by atoms with E-state index in [1.54, 1.807) is 0 Å². The van der Waals surface area contributed by atoms with Crippen molar-refractivity contribution in [3.63, 3.8) is 0 Å². The van der Waals surface area contributed by atoms with E-state index < -0.39 is 11.4 Å². The molecule has 0 saturated carbocycles. The van der Waals surface area contributed by atoms with Crippen LogP contribution in [0.5, 0.6) is 5.88 Å². The van der Waals surface area contributed by atoms with E-state index in [4.69, 9.17) is 10.6 Å². The standard InChI is InChI=1S/C5H4N3O2/c6-8-3-1-2-4(9)7-5(3)10/h1-2H,(H2,7,9,10).